The van der Waals surface area contributed by atoms with Crippen molar-refractivity contribution >= 4 is 108 Å². The Balaban J connectivity index is 1.11. The second-order valence-electron chi connectivity index (χ2n) is 12.0. The molecule has 2 aromatic heterocycles. The fraction of sp³-hybridized carbons (Fsp3) is 0.586. The second-order valence-corrected chi connectivity index (χ2v) is 16.8. The summed E-state index contributed by atoms with van der Waals surface area (Å²) in [4.78, 5) is 2.56. The summed E-state index contributed by atoms with van der Waals surface area (Å²) in [6.07, 6.45) is 4.72. The highest BCUT2D eigenvalue weighted by molar-refractivity contribution is 8.00. The van der Waals surface area contributed by atoms with E-state index in [2.05, 4.69) is 70.2 Å². The minimum atomic E-state index is -0.178. The Labute approximate surface area is 296 Å². The molecule has 0 radical (unpaired) electrons. The summed E-state index contributed by atoms with van der Waals surface area (Å²) < 4.78 is 6.05. The lowest BCUT2D eigenvalue weighted by Crippen LogP contribution is -2.41. The third kappa shape index (κ3) is 8.87. The predicted octanol–water partition coefficient (Wildman–Crippen LogP) is 6.89. The molecule has 2 aliphatic heterocycles. The normalized spacial score (nSPS) is 14.3. The Kier molecular flexibility index (Phi) is 12.7. The number of thiol groups is 2. The molecule has 4 heterocycles. The van der Waals surface area contributed by atoms with Crippen molar-refractivity contribution in [3.8, 4) is 0 Å². The first-order valence-electron chi connectivity index (χ1n) is 14.6. The number of nitrogens with one attached hydrogen (secondary N) is 4. The molecule has 0 aromatic carbocycles. The summed E-state index contributed by atoms with van der Waals surface area (Å²) in [5.74, 6) is 2.20. The Morgan fingerprint density at radius 1 is 0.721 bits per heavy atom. The van der Waals surface area contributed by atoms with Crippen LogP contribution in [0.4, 0.5) is 0 Å². The van der Waals surface area contributed by atoms with E-state index in [4.69, 9.17) is 74.1 Å². The molecule has 43 heavy (non-hydrogen) atoms. The molecule has 0 unspecified atom stereocenters. The molecule has 0 spiro atoms. The van der Waals surface area contributed by atoms with E-state index in [-0.39, 0.29) is 11.1 Å². The summed E-state index contributed by atoms with van der Waals surface area (Å²) in [7, 11) is 0. The topological polar surface area (TPSA) is 58.0 Å². The zero-order valence-corrected chi connectivity index (χ0v) is 31.9. The number of aromatic nitrogens is 2. The Hall–Kier alpha value is -0.480. The minimum Gasteiger partial charge on any atom is -0.363 e. The van der Waals surface area contributed by atoms with E-state index in [9.17, 15) is 0 Å². The van der Waals surface area contributed by atoms with E-state index in [1.54, 1.807) is 0 Å². The number of pyridine rings is 2. The van der Waals surface area contributed by atoms with Gasteiger partial charge in [0.2, 0.25) is 0 Å². The van der Waals surface area contributed by atoms with Gasteiger partial charge in [-0.05, 0) is 107 Å². The van der Waals surface area contributed by atoms with Gasteiger partial charge < -0.3 is 30.4 Å². The molecule has 0 amide bonds. The van der Waals surface area contributed by atoms with Gasteiger partial charge in [0.1, 0.15) is 9.28 Å². The average Bonchev–Trinajstić information content (AvgIpc) is 3.58. The van der Waals surface area contributed by atoms with Gasteiger partial charge in [0.15, 0.2) is 10.2 Å². The first-order chi connectivity index (χ1) is 20.3. The quantitative estimate of drug-likeness (QED) is 0.0792. The monoisotopic (exact) mass is 730 g/mol. The van der Waals surface area contributed by atoms with Crippen LogP contribution in [0.2, 0.25) is 0 Å². The first-order valence-corrected chi connectivity index (χ1v) is 19.1. The zero-order valence-electron chi connectivity index (χ0n) is 25.2. The average molecular weight is 731 g/mol. The summed E-state index contributed by atoms with van der Waals surface area (Å²) >= 11 is 36.0. The highest BCUT2D eigenvalue weighted by atomic mass is 32.2. The van der Waals surface area contributed by atoms with Crippen LogP contribution in [0, 0.1) is 9.28 Å². The van der Waals surface area contributed by atoms with Gasteiger partial charge >= 0.3 is 0 Å². The second kappa shape index (κ2) is 15.4. The van der Waals surface area contributed by atoms with Crippen LogP contribution in [-0.4, -0.2) is 57.0 Å². The van der Waals surface area contributed by atoms with Crippen molar-refractivity contribution in [2.45, 2.75) is 90.7 Å². The molecule has 0 bridgehead atoms. The van der Waals surface area contributed by atoms with Crippen molar-refractivity contribution < 1.29 is 0 Å². The van der Waals surface area contributed by atoms with Crippen LogP contribution in [0.25, 0.3) is 0 Å². The minimum absolute atomic E-state index is 0.178. The van der Waals surface area contributed by atoms with Crippen molar-refractivity contribution in [2.75, 3.05) is 37.7 Å². The molecule has 0 atom stereocenters. The van der Waals surface area contributed by atoms with Crippen LogP contribution in [0.1, 0.15) is 58.1 Å². The van der Waals surface area contributed by atoms with Crippen LogP contribution in [0.15, 0.2) is 32.0 Å². The van der Waals surface area contributed by atoms with E-state index >= 15 is 0 Å². The molecule has 0 fully saturated rings. The highest BCUT2D eigenvalue weighted by Gasteiger charge is 2.27. The molecule has 0 aliphatic carbocycles. The lowest BCUT2D eigenvalue weighted by Gasteiger charge is -2.31. The molecule has 4 rings (SSSR count). The van der Waals surface area contributed by atoms with E-state index < -0.39 is 0 Å². The number of nitrogens with zero attached hydrogens (tertiary/aromatic N) is 2. The summed E-state index contributed by atoms with van der Waals surface area (Å²) in [5.41, 5.74) is 2.28. The molecule has 236 valence electrons. The van der Waals surface area contributed by atoms with Gasteiger partial charge in [-0.1, -0.05) is 24.4 Å². The van der Waals surface area contributed by atoms with E-state index in [0.717, 1.165) is 89.1 Å². The number of thioether (sulfide) groups is 2. The van der Waals surface area contributed by atoms with Gasteiger partial charge in [-0.15, -0.1) is 48.8 Å². The van der Waals surface area contributed by atoms with Gasteiger partial charge in [0.25, 0.3) is 0 Å². The number of thiocarbonyl (C=S) groups is 2. The molecule has 2 aliphatic rings. The van der Waals surface area contributed by atoms with Crippen molar-refractivity contribution in [3.05, 3.63) is 32.5 Å². The number of hydrogen-bond donors (Lipinski definition) is 6. The van der Waals surface area contributed by atoms with Crippen molar-refractivity contribution in [1.82, 2.24) is 30.4 Å². The van der Waals surface area contributed by atoms with Gasteiger partial charge in [0, 0.05) is 58.6 Å². The Bertz CT molecular complexity index is 1370. The number of fused-ring (bicyclic) bond motifs is 2. The first kappa shape index (κ1) is 35.4. The van der Waals surface area contributed by atoms with Crippen molar-refractivity contribution in [1.29, 1.82) is 0 Å². The van der Waals surface area contributed by atoms with Gasteiger partial charge in [-0.3, -0.25) is 0 Å². The van der Waals surface area contributed by atoms with Gasteiger partial charge in [-0.2, -0.15) is 0 Å². The van der Waals surface area contributed by atoms with Gasteiger partial charge in [-0.25, -0.2) is 0 Å². The van der Waals surface area contributed by atoms with Crippen LogP contribution >= 0.6 is 97.7 Å². The fourth-order valence-corrected chi connectivity index (χ4v) is 10.6. The Morgan fingerprint density at radius 3 is 1.49 bits per heavy atom. The Morgan fingerprint density at radius 2 is 1.09 bits per heavy atom. The van der Waals surface area contributed by atoms with Crippen LogP contribution in [0.3, 0.4) is 0 Å². The standard InChI is InChI=1S/C29H42N6S8/c1-28(2,34-22(36)16-20-18(24(34)38)6-14-42-20)8-12-32-26(40)30-10-5-11-31-27(41)33-13-9-29(3,4)35-23(37)17-21-19(25(35)39)7-15-43-21/h16-17,38-39H,5-15H2,1-4H3,(H2,30,32,40)(H2,31,33,41). The molecule has 6 nitrogen and oxygen atoms in total. The summed E-state index contributed by atoms with van der Waals surface area (Å²) in [6.45, 7) is 11.8. The third-order valence-electron chi connectivity index (χ3n) is 7.91. The highest BCUT2D eigenvalue weighted by Crippen LogP contribution is 2.39. The lowest BCUT2D eigenvalue weighted by molar-refractivity contribution is 0.299. The van der Waals surface area contributed by atoms with Crippen molar-refractivity contribution in [3.63, 3.8) is 0 Å². The molecule has 0 saturated carbocycles. The maximum atomic E-state index is 5.73. The van der Waals surface area contributed by atoms with E-state index in [1.807, 2.05) is 23.5 Å². The summed E-state index contributed by atoms with van der Waals surface area (Å²) in [6, 6.07) is 4.25. The lowest BCUT2D eigenvalue weighted by atomic mass is 9.99. The zero-order chi connectivity index (χ0) is 31.4. The number of rotatable bonds is 12. The molecule has 4 N–H and O–H groups in total. The SMILES string of the molecule is CC(C)(CCNC(=S)NCCCNC(=S)NCCC(C)(C)n1c(S)c2c(cc1=S)SCC2)n1c(S)c2c(cc1=S)SCC2. The fourth-order valence-electron chi connectivity index (χ4n) is 5.46. The largest absolute Gasteiger partial charge is 0.363 e. The maximum absolute atomic E-state index is 5.73. The molecule has 0 saturated heterocycles. The maximum Gasteiger partial charge on any atom is 0.166 e. The van der Waals surface area contributed by atoms with Crippen LogP contribution in [0.5, 0.6) is 0 Å². The number of hydrogen-bond acceptors (Lipinski definition) is 8. The molecular weight excluding hydrogens is 689 g/mol. The molecular formula is C29H42N6S8. The van der Waals surface area contributed by atoms with Crippen molar-refractivity contribution in [2.24, 2.45) is 0 Å². The molecule has 2 aromatic rings. The third-order valence-corrected chi connectivity index (χ3v) is 12.2. The molecule has 14 heteroatoms. The smallest absolute Gasteiger partial charge is 0.166 e. The van der Waals surface area contributed by atoms with Crippen LogP contribution in [-0.2, 0) is 23.9 Å². The van der Waals surface area contributed by atoms with E-state index in [1.165, 1.54) is 20.9 Å². The van der Waals surface area contributed by atoms with E-state index in [0.29, 0.717) is 10.2 Å². The summed E-state index contributed by atoms with van der Waals surface area (Å²) in [5, 5.41) is 16.6. The predicted molar refractivity (Wildman–Crippen MR) is 204 cm³/mol. The van der Waals surface area contributed by atoms with Gasteiger partial charge in [0.05, 0.1) is 10.1 Å². The van der Waals surface area contributed by atoms with Crippen LogP contribution < -0.4 is 21.3 Å².